The molecule has 1 heterocycles. The second kappa shape index (κ2) is 3.54. The van der Waals surface area contributed by atoms with Crippen LogP contribution in [-0.2, 0) is 4.79 Å². The van der Waals surface area contributed by atoms with Crippen molar-refractivity contribution in [2.45, 2.75) is 45.1 Å². The van der Waals surface area contributed by atoms with E-state index >= 15 is 0 Å². The maximum absolute atomic E-state index is 11.8. The number of hydrogen-bond donors (Lipinski definition) is 1. The highest BCUT2D eigenvalue weighted by Crippen LogP contribution is 2.49. The molecule has 2 rings (SSSR count). The Hall–Kier alpha value is -0.570. The van der Waals surface area contributed by atoms with Gasteiger partial charge in [0, 0.05) is 25.6 Å². The number of rotatable bonds is 2. The lowest BCUT2D eigenvalue weighted by Crippen LogP contribution is -2.49. The van der Waals surface area contributed by atoms with Crippen molar-refractivity contribution in [2.75, 3.05) is 13.1 Å². The summed E-state index contributed by atoms with van der Waals surface area (Å²) in [6, 6.07) is 0.106. The summed E-state index contributed by atoms with van der Waals surface area (Å²) in [5.41, 5.74) is 6.11. The fraction of sp³-hybridized carbons (Fsp3) is 0.909. The van der Waals surface area contributed by atoms with Crippen LogP contribution in [0.5, 0.6) is 0 Å². The van der Waals surface area contributed by atoms with Crippen LogP contribution in [0.3, 0.4) is 0 Å². The molecule has 0 radical (unpaired) electrons. The Morgan fingerprint density at radius 1 is 1.50 bits per heavy atom. The van der Waals surface area contributed by atoms with Gasteiger partial charge in [0.25, 0.3) is 0 Å². The summed E-state index contributed by atoms with van der Waals surface area (Å²) in [5, 5.41) is 0. The summed E-state index contributed by atoms with van der Waals surface area (Å²) in [7, 11) is 0. The lowest BCUT2D eigenvalue weighted by Gasteiger charge is -2.47. The first kappa shape index (κ1) is 9.97. The normalized spacial score (nSPS) is 27.6. The molecule has 0 bridgehead atoms. The minimum atomic E-state index is 0.106. The summed E-state index contributed by atoms with van der Waals surface area (Å²) in [6.07, 6.45) is 5.83. The van der Waals surface area contributed by atoms with Gasteiger partial charge in [-0.25, -0.2) is 0 Å². The molecule has 2 aliphatic rings. The monoisotopic (exact) mass is 196 g/mol. The molecule has 14 heavy (non-hydrogen) atoms. The molecule has 1 aliphatic heterocycles. The Morgan fingerprint density at radius 2 is 2.21 bits per heavy atom. The first-order valence-corrected chi connectivity index (χ1v) is 5.65. The number of carbonyl (C=O) groups excluding carboxylic acids is 1. The average Bonchev–Trinajstić information content (AvgIpc) is 2.05. The Kier molecular flexibility index (Phi) is 2.52. The molecular weight excluding hydrogens is 176 g/mol. The van der Waals surface area contributed by atoms with Crippen molar-refractivity contribution in [3.8, 4) is 0 Å². The Morgan fingerprint density at radius 3 is 2.64 bits per heavy atom. The van der Waals surface area contributed by atoms with Crippen LogP contribution in [0.1, 0.15) is 39.0 Å². The zero-order chi connectivity index (χ0) is 10.2. The van der Waals surface area contributed by atoms with E-state index in [9.17, 15) is 4.79 Å². The largest absolute Gasteiger partial charge is 0.341 e. The van der Waals surface area contributed by atoms with Gasteiger partial charge in [0.15, 0.2) is 0 Å². The molecule has 1 unspecified atom stereocenters. The number of nitrogens with zero attached hydrogens (tertiary/aromatic N) is 1. The zero-order valence-corrected chi connectivity index (χ0v) is 8.96. The van der Waals surface area contributed by atoms with Crippen LogP contribution >= 0.6 is 0 Å². The predicted molar refractivity (Wildman–Crippen MR) is 55.7 cm³/mol. The Balaban J connectivity index is 1.90. The first-order valence-electron chi connectivity index (χ1n) is 5.65. The number of nitrogens with two attached hydrogens (primary N) is 1. The molecule has 1 saturated carbocycles. The number of hydrogen-bond acceptors (Lipinski definition) is 2. The molecule has 1 saturated heterocycles. The molecule has 1 aliphatic carbocycles. The summed E-state index contributed by atoms with van der Waals surface area (Å²) >= 11 is 0. The van der Waals surface area contributed by atoms with E-state index in [1.807, 2.05) is 11.8 Å². The van der Waals surface area contributed by atoms with Gasteiger partial charge >= 0.3 is 0 Å². The molecule has 80 valence electrons. The molecule has 0 aromatic carbocycles. The Bertz CT molecular complexity index is 233. The number of carbonyl (C=O) groups is 1. The van der Waals surface area contributed by atoms with Crippen molar-refractivity contribution in [2.24, 2.45) is 11.1 Å². The van der Waals surface area contributed by atoms with Crippen molar-refractivity contribution in [1.29, 1.82) is 0 Å². The lowest BCUT2D eigenvalue weighted by molar-refractivity contribution is -0.141. The summed E-state index contributed by atoms with van der Waals surface area (Å²) in [4.78, 5) is 13.7. The van der Waals surface area contributed by atoms with Gasteiger partial charge in [-0.15, -0.1) is 0 Å². The van der Waals surface area contributed by atoms with Gasteiger partial charge in [0.05, 0.1) is 0 Å². The second-order valence-corrected chi connectivity index (χ2v) is 5.10. The molecule has 0 aromatic heterocycles. The number of likely N-dealkylation sites (tertiary alicyclic amines) is 1. The molecule has 3 nitrogen and oxygen atoms in total. The molecule has 2 N–H and O–H groups in total. The average molecular weight is 196 g/mol. The molecule has 1 spiro atoms. The van der Waals surface area contributed by atoms with Crippen molar-refractivity contribution < 1.29 is 4.79 Å². The molecule has 2 fully saturated rings. The third-order valence-corrected chi connectivity index (χ3v) is 3.71. The summed E-state index contributed by atoms with van der Waals surface area (Å²) < 4.78 is 0. The van der Waals surface area contributed by atoms with E-state index in [0.29, 0.717) is 11.3 Å². The summed E-state index contributed by atoms with van der Waals surface area (Å²) in [6.45, 7) is 3.62. The molecule has 1 amide bonds. The van der Waals surface area contributed by atoms with E-state index in [1.165, 1.54) is 25.7 Å². The molecule has 0 aromatic rings. The van der Waals surface area contributed by atoms with E-state index in [0.717, 1.165) is 19.5 Å². The van der Waals surface area contributed by atoms with E-state index in [2.05, 4.69) is 0 Å². The van der Waals surface area contributed by atoms with Crippen molar-refractivity contribution in [3.63, 3.8) is 0 Å². The van der Waals surface area contributed by atoms with Crippen LogP contribution in [0.25, 0.3) is 0 Å². The van der Waals surface area contributed by atoms with Gasteiger partial charge in [-0.3, -0.25) is 4.79 Å². The highest BCUT2D eigenvalue weighted by Gasteiger charge is 2.42. The Labute approximate surface area is 85.6 Å². The van der Waals surface area contributed by atoms with E-state index in [4.69, 9.17) is 5.73 Å². The highest BCUT2D eigenvalue weighted by atomic mass is 16.2. The van der Waals surface area contributed by atoms with E-state index in [-0.39, 0.29) is 6.04 Å². The van der Waals surface area contributed by atoms with Crippen LogP contribution in [0, 0.1) is 5.41 Å². The molecule has 3 heteroatoms. The quantitative estimate of drug-likeness (QED) is 0.719. The fourth-order valence-electron chi connectivity index (χ4n) is 2.66. The van der Waals surface area contributed by atoms with Gasteiger partial charge in [-0.2, -0.15) is 0 Å². The second-order valence-electron chi connectivity index (χ2n) is 5.10. The fourth-order valence-corrected chi connectivity index (χ4v) is 2.66. The van der Waals surface area contributed by atoms with Crippen molar-refractivity contribution in [1.82, 2.24) is 4.90 Å². The van der Waals surface area contributed by atoms with Crippen LogP contribution < -0.4 is 5.73 Å². The van der Waals surface area contributed by atoms with Gasteiger partial charge in [-0.1, -0.05) is 6.42 Å². The van der Waals surface area contributed by atoms with E-state index in [1.54, 1.807) is 0 Å². The molecule has 1 atom stereocenters. The molecular formula is C11H20N2O. The van der Waals surface area contributed by atoms with Crippen LogP contribution in [-0.4, -0.2) is 29.9 Å². The third-order valence-electron chi connectivity index (χ3n) is 3.71. The minimum Gasteiger partial charge on any atom is -0.341 e. The van der Waals surface area contributed by atoms with Crippen molar-refractivity contribution in [3.05, 3.63) is 0 Å². The maximum Gasteiger partial charge on any atom is 0.223 e. The predicted octanol–water partition coefficient (Wildman–Crippen LogP) is 1.13. The number of amides is 1. The summed E-state index contributed by atoms with van der Waals surface area (Å²) in [5.74, 6) is 0.327. The van der Waals surface area contributed by atoms with Gasteiger partial charge in [-0.05, 0) is 31.6 Å². The SMILES string of the molecule is CC(N)CN1CCC2(CCC2)CC1=O. The highest BCUT2D eigenvalue weighted by molar-refractivity contribution is 5.78. The topological polar surface area (TPSA) is 46.3 Å². The van der Waals surface area contributed by atoms with Gasteiger partial charge in [0.2, 0.25) is 5.91 Å². The van der Waals surface area contributed by atoms with E-state index < -0.39 is 0 Å². The van der Waals surface area contributed by atoms with Gasteiger partial charge < -0.3 is 10.6 Å². The zero-order valence-electron chi connectivity index (χ0n) is 8.96. The lowest BCUT2D eigenvalue weighted by atomic mass is 9.63. The smallest absolute Gasteiger partial charge is 0.223 e. The third kappa shape index (κ3) is 1.78. The van der Waals surface area contributed by atoms with Crippen LogP contribution in [0.2, 0.25) is 0 Å². The first-order chi connectivity index (χ1) is 6.61. The van der Waals surface area contributed by atoms with Crippen LogP contribution in [0.4, 0.5) is 0 Å². The minimum absolute atomic E-state index is 0.106. The maximum atomic E-state index is 11.8. The number of piperidine rings is 1. The van der Waals surface area contributed by atoms with Crippen molar-refractivity contribution >= 4 is 5.91 Å². The van der Waals surface area contributed by atoms with Crippen LogP contribution in [0.15, 0.2) is 0 Å². The van der Waals surface area contributed by atoms with Gasteiger partial charge in [0.1, 0.15) is 0 Å². The standard InChI is InChI=1S/C11H20N2O/c1-9(12)8-13-6-5-11(3-2-4-11)7-10(13)14/h9H,2-8,12H2,1H3.